The zero-order valence-electron chi connectivity index (χ0n) is 9.65. The summed E-state index contributed by atoms with van der Waals surface area (Å²) in [6, 6.07) is 4.38. The number of halogens is 1. The molecule has 5 nitrogen and oxygen atoms in total. The van der Waals surface area contributed by atoms with Gasteiger partial charge in [-0.1, -0.05) is 0 Å². The minimum atomic E-state index is -0.992. The summed E-state index contributed by atoms with van der Waals surface area (Å²) in [6.45, 7) is 1.55. The van der Waals surface area contributed by atoms with E-state index in [1.807, 2.05) is 0 Å². The summed E-state index contributed by atoms with van der Waals surface area (Å²) in [5, 5.41) is 11.6. The number of likely N-dealkylation sites (tertiary alicyclic amines) is 1. The van der Waals surface area contributed by atoms with Crippen LogP contribution in [0.4, 0.5) is 10.5 Å². The largest absolute Gasteiger partial charge is 0.478 e. The summed E-state index contributed by atoms with van der Waals surface area (Å²) in [5.41, 5.74) is 0.762. The van der Waals surface area contributed by atoms with Gasteiger partial charge in [-0.2, -0.15) is 0 Å². The van der Waals surface area contributed by atoms with Gasteiger partial charge in [-0.05, 0) is 47.0 Å². The van der Waals surface area contributed by atoms with E-state index in [1.165, 1.54) is 12.1 Å². The Hall–Kier alpha value is -1.56. The third-order valence-corrected chi connectivity index (χ3v) is 3.51. The maximum atomic E-state index is 11.9. The van der Waals surface area contributed by atoms with Gasteiger partial charge in [0.2, 0.25) is 0 Å². The minimum Gasteiger partial charge on any atom is -0.478 e. The molecule has 0 bridgehead atoms. The van der Waals surface area contributed by atoms with E-state index < -0.39 is 5.97 Å². The Balaban J connectivity index is 2.09. The van der Waals surface area contributed by atoms with Crippen LogP contribution in [0, 0.1) is 0 Å². The molecule has 2 N–H and O–H groups in total. The molecule has 1 aliphatic rings. The maximum Gasteiger partial charge on any atom is 0.335 e. The summed E-state index contributed by atoms with van der Waals surface area (Å²) < 4.78 is 0.565. The molecule has 1 heterocycles. The number of carboxylic acids is 1. The molecule has 2 amide bonds. The third-order valence-electron chi connectivity index (χ3n) is 2.85. The second kappa shape index (κ2) is 5.39. The van der Waals surface area contributed by atoms with Gasteiger partial charge in [-0.15, -0.1) is 0 Å². The topological polar surface area (TPSA) is 69.6 Å². The summed E-state index contributed by atoms with van der Waals surface area (Å²) in [4.78, 5) is 24.4. The fourth-order valence-corrected chi connectivity index (χ4v) is 2.34. The van der Waals surface area contributed by atoms with Crippen LogP contribution in [0.5, 0.6) is 0 Å². The Labute approximate surface area is 113 Å². The van der Waals surface area contributed by atoms with Crippen LogP contribution in [-0.2, 0) is 0 Å². The van der Waals surface area contributed by atoms with Gasteiger partial charge in [-0.25, -0.2) is 9.59 Å². The van der Waals surface area contributed by atoms with Crippen molar-refractivity contribution in [2.24, 2.45) is 0 Å². The number of urea groups is 1. The van der Waals surface area contributed by atoms with E-state index >= 15 is 0 Å². The molecule has 0 aromatic heterocycles. The normalized spacial score (nSPS) is 14.6. The first-order valence-corrected chi connectivity index (χ1v) is 6.46. The lowest BCUT2D eigenvalue weighted by Crippen LogP contribution is -2.32. The van der Waals surface area contributed by atoms with E-state index in [0.717, 1.165) is 25.9 Å². The number of benzene rings is 1. The second-order valence-electron chi connectivity index (χ2n) is 4.12. The predicted molar refractivity (Wildman–Crippen MR) is 70.9 cm³/mol. The monoisotopic (exact) mass is 312 g/mol. The van der Waals surface area contributed by atoms with Gasteiger partial charge in [0.05, 0.1) is 11.3 Å². The highest BCUT2D eigenvalue weighted by atomic mass is 79.9. The van der Waals surface area contributed by atoms with Gasteiger partial charge in [0, 0.05) is 17.6 Å². The van der Waals surface area contributed by atoms with E-state index in [-0.39, 0.29) is 11.6 Å². The Morgan fingerprint density at radius 2 is 1.94 bits per heavy atom. The van der Waals surface area contributed by atoms with Crippen LogP contribution in [0.25, 0.3) is 0 Å². The smallest absolute Gasteiger partial charge is 0.335 e. The Kier molecular flexibility index (Phi) is 3.86. The molecule has 0 unspecified atom stereocenters. The first kappa shape index (κ1) is 12.9. The molecule has 1 aromatic carbocycles. The number of hydrogen-bond donors (Lipinski definition) is 2. The Morgan fingerprint density at radius 3 is 2.50 bits per heavy atom. The van der Waals surface area contributed by atoms with Crippen molar-refractivity contribution in [3.05, 3.63) is 28.2 Å². The molecular formula is C12H13BrN2O3. The number of rotatable bonds is 2. The highest BCUT2D eigenvalue weighted by Crippen LogP contribution is 2.24. The Bertz CT molecular complexity index is 484. The molecule has 6 heteroatoms. The number of nitrogens with zero attached hydrogens (tertiary/aromatic N) is 1. The van der Waals surface area contributed by atoms with Crippen LogP contribution < -0.4 is 5.32 Å². The molecule has 2 rings (SSSR count). The highest BCUT2D eigenvalue weighted by Gasteiger charge is 2.18. The van der Waals surface area contributed by atoms with Crippen LogP contribution in [0.2, 0.25) is 0 Å². The zero-order valence-corrected chi connectivity index (χ0v) is 11.2. The van der Waals surface area contributed by atoms with E-state index in [0.29, 0.717) is 10.2 Å². The number of carbonyl (C=O) groups excluding carboxylic acids is 1. The van der Waals surface area contributed by atoms with Crippen LogP contribution in [-0.4, -0.2) is 35.1 Å². The first-order valence-electron chi connectivity index (χ1n) is 5.66. The van der Waals surface area contributed by atoms with Crippen molar-refractivity contribution in [2.75, 3.05) is 18.4 Å². The number of amides is 2. The molecule has 1 fully saturated rings. The SMILES string of the molecule is O=C(O)c1ccc(NC(=O)N2CCCC2)c(Br)c1. The van der Waals surface area contributed by atoms with Crippen LogP contribution >= 0.6 is 15.9 Å². The van der Waals surface area contributed by atoms with Crippen LogP contribution in [0.1, 0.15) is 23.2 Å². The summed E-state index contributed by atoms with van der Waals surface area (Å²) in [5.74, 6) is -0.992. The fraction of sp³-hybridized carbons (Fsp3) is 0.333. The van der Waals surface area contributed by atoms with Gasteiger partial charge in [0.1, 0.15) is 0 Å². The van der Waals surface area contributed by atoms with Crippen molar-refractivity contribution in [3.63, 3.8) is 0 Å². The van der Waals surface area contributed by atoms with Gasteiger partial charge in [0.25, 0.3) is 0 Å². The summed E-state index contributed by atoms with van der Waals surface area (Å²) in [6.07, 6.45) is 2.07. The lowest BCUT2D eigenvalue weighted by Gasteiger charge is -2.17. The lowest BCUT2D eigenvalue weighted by atomic mass is 10.2. The van der Waals surface area contributed by atoms with E-state index in [1.54, 1.807) is 11.0 Å². The molecule has 0 spiro atoms. The fourth-order valence-electron chi connectivity index (χ4n) is 1.86. The van der Waals surface area contributed by atoms with Crippen molar-refractivity contribution < 1.29 is 14.7 Å². The molecule has 18 heavy (non-hydrogen) atoms. The predicted octanol–water partition coefficient (Wildman–Crippen LogP) is 2.78. The molecule has 0 radical (unpaired) electrons. The van der Waals surface area contributed by atoms with Crippen molar-refractivity contribution in [1.29, 1.82) is 0 Å². The van der Waals surface area contributed by atoms with Gasteiger partial charge in [-0.3, -0.25) is 0 Å². The van der Waals surface area contributed by atoms with Crippen molar-refractivity contribution in [3.8, 4) is 0 Å². The van der Waals surface area contributed by atoms with Crippen molar-refractivity contribution in [2.45, 2.75) is 12.8 Å². The Morgan fingerprint density at radius 1 is 1.28 bits per heavy atom. The summed E-state index contributed by atoms with van der Waals surface area (Å²) >= 11 is 3.26. The molecule has 0 atom stereocenters. The van der Waals surface area contributed by atoms with Gasteiger partial charge >= 0.3 is 12.0 Å². The van der Waals surface area contributed by atoms with E-state index in [2.05, 4.69) is 21.2 Å². The molecule has 1 saturated heterocycles. The molecule has 0 aliphatic carbocycles. The number of aromatic carboxylic acids is 1. The number of carboxylic acid groups (broad SMARTS) is 1. The number of carbonyl (C=O) groups is 2. The van der Waals surface area contributed by atoms with E-state index in [4.69, 9.17) is 5.11 Å². The molecule has 1 aromatic rings. The highest BCUT2D eigenvalue weighted by molar-refractivity contribution is 9.10. The average molecular weight is 313 g/mol. The number of anilines is 1. The zero-order chi connectivity index (χ0) is 13.1. The van der Waals surface area contributed by atoms with E-state index in [9.17, 15) is 9.59 Å². The summed E-state index contributed by atoms with van der Waals surface area (Å²) in [7, 11) is 0. The molecule has 96 valence electrons. The quantitative estimate of drug-likeness (QED) is 0.882. The van der Waals surface area contributed by atoms with Crippen molar-refractivity contribution in [1.82, 2.24) is 4.90 Å². The number of nitrogens with one attached hydrogen (secondary N) is 1. The molecule has 1 aliphatic heterocycles. The second-order valence-corrected chi connectivity index (χ2v) is 4.98. The average Bonchev–Trinajstić information content (AvgIpc) is 2.85. The van der Waals surface area contributed by atoms with Crippen molar-refractivity contribution >= 4 is 33.6 Å². The van der Waals surface area contributed by atoms with Gasteiger partial charge < -0.3 is 15.3 Å². The van der Waals surface area contributed by atoms with Gasteiger partial charge in [0.15, 0.2) is 0 Å². The molecular weight excluding hydrogens is 300 g/mol. The van der Waals surface area contributed by atoms with Crippen LogP contribution in [0.15, 0.2) is 22.7 Å². The standard InChI is InChI=1S/C12H13BrN2O3/c13-9-7-8(11(16)17)3-4-10(9)14-12(18)15-5-1-2-6-15/h3-4,7H,1-2,5-6H2,(H,14,18)(H,16,17). The maximum absolute atomic E-state index is 11.9. The minimum absolute atomic E-state index is 0.142. The number of hydrogen-bond acceptors (Lipinski definition) is 2. The third kappa shape index (κ3) is 2.81. The molecule has 0 saturated carbocycles. The first-order chi connectivity index (χ1) is 8.58. The van der Waals surface area contributed by atoms with Crippen LogP contribution in [0.3, 0.4) is 0 Å². The lowest BCUT2D eigenvalue weighted by molar-refractivity contribution is 0.0697.